The number of anilines is 1. The van der Waals surface area contributed by atoms with Crippen molar-refractivity contribution in [2.24, 2.45) is 0 Å². The summed E-state index contributed by atoms with van der Waals surface area (Å²) in [6.07, 6.45) is 2.11. The summed E-state index contributed by atoms with van der Waals surface area (Å²) in [5, 5.41) is 12.7. The van der Waals surface area contributed by atoms with Crippen molar-refractivity contribution in [3.8, 4) is 0 Å². The second-order valence-corrected chi connectivity index (χ2v) is 5.28. The molecule has 1 amide bonds. The van der Waals surface area contributed by atoms with Crippen LogP contribution in [0.1, 0.15) is 22.3 Å². The summed E-state index contributed by atoms with van der Waals surface area (Å²) in [7, 11) is 0. The molecule has 5 nitrogen and oxygen atoms in total. The molecule has 1 aromatic rings. The molecule has 0 aromatic heterocycles. The molecule has 2 aliphatic rings. The highest BCUT2D eigenvalue weighted by atomic mass is 16.5. The number of aryl methyl sites for hydroxylation is 1. The second kappa shape index (κ2) is 5.81. The van der Waals surface area contributed by atoms with Crippen LogP contribution in [0.4, 0.5) is 5.69 Å². The van der Waals surface area contributed by atoms with Crippen LogP contribution in [-0.2, 0) is 11.2 Å². The van der Waals surface area contributed by atoms with E-state index < -0.39 is 0 Å². The number of rotatable bonds is 2. The average Bonchev–Trinajstić information content (AvgIpc) is 2.53. The maximum absolute atomic E-state index is 12.8. The molecular formula is C15H20N2O3. The van der Waals surface area contributed by atoms with E-state index in [2.05, 4.69) is 11.4 Å². The molecule has 0 bridgehead atoms. The second-order valence-electron chi connectivity index (χ2n) is 5.28. The highest BCUT2D eigenvalue weighted by molar-refractivity contribution is 6.00. The molecule has 1 unspecified atom stereocenters. The Balaban J connectivity index is 1.90. The maximum Gasteiger partial charge on any atom is 0.256 e. The van der Waals surface area contributed by atoms with Gasteiger partial charge in [0.1, 0.15) is 0 Å². The van der Waals surface area contributed by atoms with E-state index in [9.17, 15) is 9.90 Å². The van der Waals surface area contributed by atoms with Gasteiger partial charge in [-0.25, -0.2) is 0 Å². The van der Waals surface area contributed by atoms with Crippen LogP contribution >= 0.6 is 0 Å². The largest absolute Gasteiger partial charge is 0.394 e. The lowest BCUT2D eigenvalue weighted by Gasteiger charge is -2.35. The lowest BCUT2D eigenvalue weighted by molar-refractivity contribution is -0.0183. The number of morpholine rings is 1. The molecule has 0 radical (unpaired) electrons. The number of nitrogens with one attached hydrogen (secondary N) is 1. The van der Waals surface area contributed by atoms with Crippen LogP contribution in [0, 0.1) is 0 Å². The zero-order valence-corrected chi connectivity index (χ0v) is 11.5. The number of aliphatic hydroxyl groups is 1. The summed E-state index contributed by atoms with van der Waals surface area (Å²) in [6.45, 7) is 2.32. The number of aliphatic hydroxyl groups excluding tert-OH is 1. The molecule has 1 aromatic carbocycles. The minimum absolute atomic E-state index is 0.0152. The van der Waals surface area contributed by atoms with Crippen LogP contribution in [0.3, 0.4) is 0 Å². The fourth-order valence-electron chi connectivity index (χ4n) is 2.92. The minimum atomic E-state index is -0.240. The van der Waals surface area contributed by atoms with E-state index in [-0.39, 0.29) is 18.6 Å². The molecule has 2 aliphatic heterocycles. The monoisotopic (exact) mass is 276 g/mol. The molecule has 5 heteroatoms. The van der Waals surface area contributed by atoms with E-state index in [1.54, 1.807) is 4.90 Å². The standard InChI is InChI=1S/C15H20N2O3/c18-9-12-10-20-8-7-17(12)15(19)13-5-1-3-11-4-2-6-16-14(11)13/h1,3,5,12,16,18H,2,4,6-10H2. The first kappa shape index (κ1) is 13.4. The van der Waals surface area contributed by atoms with E-state index >= 15 is 0 Å². The van der Waals surface area contributed by atoms with Gasteiger partial charge in [-0.3, -0.25) is 4.79 Å². The number of para-hydroxylation sites is 1. The van der Waals surface area contributed by atoms with Gasteiger partial charge in [0.15, 0.2) is 0 Å². The predicted octanol–water partition coefficient (Wildman–Crippen LogP) is 0.878. The Labute approximate surface area is 118 Å². The van der Waals surface area contributed by atoms with Crippen LogP contribution in [0.5, 0.6) is 0 Å². The van der Waals surface area contributed by atoms with Crippen molar-refractivity contribution < 1.29 is 14.6 Å². The molecule has 2 heterocycles. The Kier molecular flexibility index (Phi) is 3.89. The lowest BCUT2D eigenvalue weighted by atomic mass is 9.98. The molecular weight excluding hydrogens is 256 g/mol. The third-order valence-electron chi connectivity index (χ3n) is 4.00. The van der Waals surface area contributed by atoms with Gasteiger partial charge in [-0.2, -0.15) is 0 Å². The smallest absolute Gasteiger partial charge is 0.256 e. The molecule has 0 spiro atoms. The van der Waals surface area contributed by atoms with Crippen molar-refractivity contribution in [1.29, 1.82) is 0 Å². The van der Waals surface area contributed by atoms with Crippen LogP contribution in [0.2, 0.25) is 0 Å². The van der Waals surface area contributed by atoms with Crippen LogP contribution in [0.25, 0.3) is 0 Å². The number of nitrogens with zero attached hydrogens (tertiary/aromatic N) is 1. The number of carbonyl (C=O) groups excluding carboxylic acids is 1. The van der Waals surface area contributed by atoms with Crippen LogP contribution in [-0.4, -0.2) is 54.9 Å². The van der Waals surface area contributed by atoms with Crippen molar-refractivity contribution in [3.05, 3.63) is 29.3 Å². The van der Waals surface area contributed by atoms with Crippen LogP contribution < -0.4 is 5.32 Å². The molecule has 1 saturated heterocycles. The Morgan fingerprint density at radius 2 is 2.40 bits per heavy atom. The summed E-state index contributed by atoms with van der Waals surface area (Å²) in [6, 6.07) is 5.63. The van der Waals surface area contributed by atoms with Crippen LogP contribution in [0.15, 0.2) is 18.2 Å². The average molecular weight is 276 g/mol. The van der Waals surface area contributed by atoms with Crippen molar-refractivity contribution in [1.82, 2.24) is 4.90 Å². The topological polar surface area (TPSA) is 61.8 Å². The third kappa shape index (κ3) is 2.39. The van der Waals surface area contributed by atoms with Gasteiger partial charge in [0.2, 0.25) is 0 Å². The summed E-state index contributed by atoms with van der Waals surface area (Å²) >= 11 is 0. The van der Waals surface area contributed by atoms with Crippen molar-refractivity contribution >= 4 is 11.6 Å². The number of hydrogen-bond acceptors (Lipinski definition) is 4. The number of fused-ring (bicyclic) bond motifs is 1. The van der Waals surface area contributed by atoms with Crippen molar-refractivity contribution in [3.63, 3.8) is 0 Å². The van der Waals surface area contributed by atoms with Crippen molar-refractivity contribution in [2.45, 2.75) is 18.9 Å². The zero-order valence-electron chi connectivity index (χ0n) is 11.5. The zero-order chi connectivity index (χ0) is 13.9. The number of ether oxygens (including phenoxy) is 1. The first-order chi connectivity index (χ1) is 9.81. The Morgan fingerprint density at radius 1 is 1.50 bits per heavy atom. The van der Waals surface area contributed by atoms with Crippen molar-refractivity contribution in [2.75, 3.05) is 38.2 Å². The first-order valence-corrected chi connectivity index (χ1v) is 7.16. The van der Waals surface area contributed by atoms with Gasteiger partial charge in [0, 0.05) is 13.1 Å². The lowest BCUT2D eigenvalue weighted by Crippen LogP contribution is -2.50. The van der Waals surface area contributed by atoms with E-state index in [0.29, 0.717) is 25.3 Å². The molecule has 1 fully saturated rings. The van der Waals surface area contributed by atoms with E-state index in [0.717, 1.165) is 25.1 Å². The third-order valence-corrected chi connectivity index (χ3v) is 4.00. The molecule has 0 saturated carbocycles. The number of amides is 1. The van der Waals surface area contributed by atoms with E-state index in [1.165, 1.54) is 5.56 Å². The first-order valence-electron chi connectivity index (χ1n) is 7.16. The minimum Gasteiger partial charge on any atom is -0.394 e. The molecule has 1 atom stereocenters. The number of hydrogen-bond donors (Lipinski definition) is 2. The Hall–Kier alpha value is -1.59. The summed E-state index contributed by atoms with van der Waals surface area (Å²) in [5.74, 6) is -0.0152. The Morgan fingerprint density at radius 3 is 3.25 bits per heavy atom. The van der Waals surface area contributed by atoms with E-state index in [1.807, 2.05) is 12.1 Å². The molecule has 108 valence electrons. The van der Waals surface area contributed by atoms with Gasteiger partial charge in [0.05, 0.1) is 37.1 Å². The molecule has 0 aliphatic carbocycles. The number of benzene rings is 1. The fourth-order valence-corrected chi connectivity index (χ4v) is 2.92. The maximum atomic E-state index is 12.8. The normalized spacial score (nSPS) is 22.1. The molecule has 2 N–H and O–H groups in total. The summed E-state index contributed by atoms with van der Waals surface area (Å²) < 4.78 is 5.33. The highest BCUT2D eigenvalue weighted by Gasteiger charge is 2.29. The highest BCUT2D eigenvalue weighted by Crippen LogP contribution is 2.27. The predicted molar refractivity (Wildman–Crippen MR) is 76.0 cm³/mol. The summed E-state index contributed by atoms with van der Waals surface area (Å²) in [5.41, 5.74) is 2.88. The fraction of sp³-hybridized carbons (Fsp3) is 0.533. The SMILES string of the molecule is O=C(c1cccc2c1NCCC2)N1CCOCC1CO. The van der Waals surface area contributed by atoms with E-state index in [4.69, 9.17) is 4.74 Å². The summed E-state index contributed by atoms with van der Waals surface area (Å²) in [4.78, 5) is 14.5. The molecule has 3 rings (SSSR count). The van der Waals surface area contributed by atoms with Gasteiger partial charge in [0.25, 0.3) is 5.91 Å². The number of carbonyl (C=O) groups is 1. The van der Waals surface area contributed by atoms with Gasteiger partial charge < -0.3 is 20.1 Å². The van der Waals surface area contributed by atoms with Gasteiger partial charge in [-0.15, -0.1) is 0 Å². The quantitative estimate of drug-likeness (QED) is 0.841. The Bertz CT molecular complexity index is 504. The van der Waals surface area contributed by atoms with Gasteiger partial charge in [-0.1, -0.05) is 12.1 Å². The van der Waals surface area contributed by atoms with Gasteiger partial charge >= 0.3 is 0 Å². The van der Waals surface area contributed by atoms with Gasteiger partial charge in [-0.05, 0) is 24.5 Å². The molecule has 20 heavy (non-hydrogen) atoms.